The van der Waals surface area contributed by atoms with E-state index in [9.17, 15) is 0 Å². The van der Waals surface area contributed by atoms with E-state index in [-0.39, 0.29) is 0 Å². The van der Waals surface area contributed by atoms with Gasteiger partial charge >= 0.3 is 0 Å². The van der Waals surface area contributed by atoms with Gasteiger partial charge in [0.1, 0.15) is 5.52 Å². The molecule has 3 heteroatoms. The zero-order valence-electron chi connectivity index (χ0n) is 14.8. The number of benzene rings is 2. The van der Waals surface area contributed by atoms with Gasteiger partial charge in [0.05, 0.1) is 5.52 Å². The maximum absolute atomic E-state index is 5.92. The van der Waals surface area contributed by atoms with Gasteiger partial charge in [0.2, 0.25) is 0 Å². The first-order valence-electron chi connectivity index (χ1n) is 9.55. The number of hydrogen-bond donors (Lipinski definition) is 0. The molecule has 0 spiro atoms. The molecule has 0 bridgehead atoms. The minimum Gasteiger partial charge on any atom is -0.441 e. The first-order valence-corrected chi connectivity index (χ1v) is 9.55. The molecule has 0 amide bonds. The summed E-state index contributed by atoms with van der Waals surface area (Å²) in [6, 6.07) is 18.8. The highest BCUT2D eigenvalue weighted by molar-refractivity contribution is 5.82. The van der Waals surface area contributed by atoms with E-state index in [1.807, 2.05) is 30.5 Å². The molecule has 0 unspecified atom stereocenters. The third-order valence-corrected chi connectivity index (χ3v) is 5.77. The smallest absolute Gasteiger partial charge is 0.195 e. The van der Waals surface area contributed by atoms with E-state index < -0.39 is 0 Å². The Bertz CT molecular complexity index is 1010. The van der Waals surface area contributed by atoms with Crippen molar-refractivity contribution in [3.63, 3.8) is 0 Å². The molecule has 2 aromatic heterocycles. The monoisotopic (exact) mass is 342 g/mol. The molecule has 130 valence electrons. The molecule has 1 aliphatic carbocycles. The van der Waals surface area contributed by atoms with Crippen molar-refractivity contribution in [2.75, 3.05) is 0 Å². The molecule has 1 saturated carbocycles. The van der Waals surface area contributed by atoms with Crippen LogP contribution >= 0.6 is 0 Å². The van der Waals surface area contributed by atoms with Crippen LogP contribution in [0.25, 0.3) is 22.0 Å². The highest BCUT2D eigenvalue weighted by Crippen LogP contribution is 2.39. The summed E-state index contributed by atoms with van der Waals surface area (Å²) in [6.45, 7) is 0. The van der Waals surface area contributed by atoms with E-state index in [1.165, 1.54) is 36.6 Å². The molecule has 0 N–H and O–H groups in total. The summed E-state index contributed by atoms with van der Waals surface area (Å²) in [7, 11) is 0. The molecule has 5 rings (SSSR count). The SMILES string of the molecule is c1ccc2oc(CC3CCC(c4ccnc5ccccc45)CC3)nc2c1. The topological polar surface area (TPSA) is 38.9 Å². The minimum absolute atomic E-state index is 0.641. The lowest BCUT2D eigenvalue weighted by atomic mass is 9.77. The Balaban J connectivity index is 1.30. The Morgan fingerprint density at radius 3 is 2.46 bits per heavy atom. The quantitative estimate of drug-likeness (QED) is 0.466. The molecule has 0 saturated heterocycles. The van der Waals surface area contributed by atoms with Gasteiger partial charge < -0.3 is 4.42 Å². The standard InChI is InChI=1S/C23H22N2O/c1-2-6-20-19(5-1)18(13-14-24-20)17-11-9-16(10-12-17)15-23-25-21-7-3-4-8-22(21)26-23/h1-8,13-14,16-17H,9-12,15H2. The molecular formula is C23H22N2O. The van der Waals surface area contributed by atoms with Gasteiger partial charge in [-0.15, -0.1) is 0 Å². The average Bonchev–Trinajstić information content (AvgIpc) is 3.10. The zero-order valence-corrected chi connectivity index (χ0v) is 14.8. The van der Waals surface area contributed by atoms with Crippen LogP contribution in [0.15, 0.2) is 65.2 Å². The molecule has 0 radical (unpaired) electrons. The van der Waals surface area contributed by atoms with Crippen LogP contribution in [0.2, 0.25) is 0 Å². The fraction of sp³-hybridized carbons (Fsp3) is 0.304. The second kappa shape index (κ2) is 6.56. The predicted molar refractivity (Wildman–Crippen MR) is 104 cm³/mol. The number of hydrogen-bond acceptors (Lipinski definition) is 3. The van der Waals surface area contributed by atoms with Crippen LogP contribution < -0.4 is 0 Å². The number of pyridine rings is 1. The molecule has 26 heavy (non-hydrogen) atoms. The Morgan fingerprint density at radius 2 is 1.62 bits per heavy atom. The number of nitrogens with zero attached hydrogens (tertiary/aromatic N) is 2. The summed E-state index contributed by atoms with van der Waals surface area (Å²) >= 11 is 0. The van der Waals surface area contributed by atoms with Gasteiger partial charge in [0, 0.05) is 18.0 Å². The molecule has 2 heterocycles. The highest BCUT2D eigenvalue weighted by Gasteiger charge is 2.25. The normalized spacial score (nSPS) is 20.6. The Labute approximate surface area is 153 Å². The van der Waals surface area contributed by atoms with Crippen molar-refractivity contribution < 1.29 is 4.42 Å². The van der Waals surface area contributed by atoms with Crippen molar-refractivity contribution >= 4 is 22.0 Å². The van der Waals surface area contributed by atoms with Gasteiger partial charge in [-0.25, -0.2) is 4.98 Å². The van der Waals surface area contributed by atoms with E-state index >= 15 is 0 Å². The van der Waals surface area contributed by atoms with Crippen LogP contribution in [-0.4, -0.2) is 9.97 Å². The number of fused-ring (bicyclic) bond motifs is 2. The molecule has 0 atom stereocenters. The van der Waals surface area contributed by atoms with Crippen molar-refractivity contribution in [2.24, 2.45) is 5.92 Å². The maximum Gasteiger partial charge on any atom is 0.195 e. The lowest BCUT2D eigenvalue weighted by Crippen LogP contribution is -2.15. The fourth-order valence-corrected chi connectivity index (χ4v) is 4.41. The van der Waals surface area contributed by atoms with E-state index in [0.29, 0.717) is 11.8 Å². The number of oxazole rings is 1. The van der Waals surface area contributed by atoms with Crippen LogP contribution in [0.1, 0.15) is 43.1 Å². The van der Waals surface area contributed by atoms with E-state index in [2.05, 4.69) is 40.3 Å². The molecule has 4 aromatic rings. The first-order chi connectivity index (χ1) is 12.9. The van der Waals surface area contributed by atoms with Crippen LogP contribution in [0.5, 0.6) is 0 Å². The average molecular weight is 342 g/mol. The van der Waals surface area contributed by atoms with Crippen molar-refractivity contribution in [3.8, 4) is 0 Å². The molecular weight excluding hydrogens is 320 g/mol. The lowest BCUT2D eigenvalue weighted by Gasteiger charge is -2.28. The van der Waals surface area contributed by atoms with Gasteiger partial charge in [0.15, 0.2) is 11.5 Å². The summed E-state index contributed by atoms with van der Waals surface area (Å²) in [6.07, 6.45) is 7.86. The van der Waals surface area contributed by atoms with Crippen molar-refractivity contribution in [3.05, 3.63) is 72.2 Å². The maximum atomic E-state index is 5.92. The number of rotatable bonds is 3. The van der Waals surface area contributed by atoms with E-state index in [1.54, 1.807) is 0 Å². The minimum atomic E-state index is 0.641. The highest BCUT2D eigenvalue weighted by atomic mass is 16.3. The van der Waals surface area contributed by atoms with Gasteiger partial charge in [-0.2, -0.15) is 0 Å². The second-order valence-electron chi connectivity index (χ2n) is 7.41. The Kier molecular flexibility index (Phi) is 3.93. The van der Waals surface area contributed by atoms with Gasteiger partial charge in [0.25, 0.3) is 0 Å². The van der Waals surface area contributed by atoms with E-state index in [0.717, 1.165) is 28.9 Å². The molecule has 3 nitrogen and oxygen atoms in total. The van der Waals surface area contributed by atoms with Crippen LogP contribution in [0.3, 0.4) is 0 Å². The molecule has 1 aliphatic rings. The summed E-state index contributed by atoms with van der Waals surface area (Å²) < 4.78 is 5.92. The molecule has 1 fully saturated rings. The van der Waals surface area contributed by atoms with Crippen LogP contribution in [0, 0.1) is 5.92 Å². The lowest BCUT2D eigenvalue weighted by molar-refractivity contribution is 0.307. The Morgan fingerprint density at radius 1 is 0.846 bits per heavy atom. The molecule has 2 aromatic carbocycles. The number of para-hydroxylation sites is 3. The summed E-state index contributed by atoms with van der Waals surface area (Å²) in [5.41, 5.74) is 4.45. The van der Waals surface area contributed by atoms with Gasteiger partial charge in [-0.1, -0.05) is 30.3 Å². The first kappa shape index (κ1) is 15.6. The molecule has 0 aliphatic heterocycles. The second-order valence-corrected chi connectivity index (χ2v) is 7.41. The van der Waals surface area contributed by atoms with Crippen molar-refractivity contribution in [1.29, 1.82) is 0 Å². The summed E-state index contributed by atoms with van der Waals surface area (Å²) in [5.74, 6) is 2.21. The van der Waals surface area contributed by atoms with Crippen LogP contribution in [-0.2, 0) is 6.42 Å². The summed E-state index contributed by atoms with van der Waals surface area (Å²) in [4.78, 5) is 9.16. The third-order valence-electron chi connectivity index (χ3n) is 5.77. The number of aromatic nitrogens is 2. The largest absolute Gasteiger partial charge is 0.441 e. The van der Waals surface area contributed by atoms with E-state index in [4.69, 9.17) is 4.42 Å². The fourth-order valence-electron chi connectivity index (χ4n) is 4.41. The predicted octanol–water partition coefficient (Wildman–Crippen LogP) is 5.89. The Hall–Kier alpha value is -2.68. The summed E-state index contributed by atoms with van der Waals surface area (Å²) in [5, 5.41) is 1.32. The third kappa shape index (κ3) is 2.88. The van der Waals surface area contributed by atoms with Crippen molar-refractivity contribution in [1.82, 2.24) is 9.97 Å². The van der Waals surface area contributed by atoms with Crippen LogP contribution in [0.4, 0.5) is 0 Å². The zero-order chi connectivity index (χ0) is 17.3. The van der Waals surface area contributed by atoms with Gasteiger partial charge in [-0.05, 0) is 67.3 Å². The van der Waals surface area contributed by atoms with Crippen molar-refractivity contribution in [2.45, 2.75) is 38.0 Å². The van der Waals surface area contributed by atoms with Gasteiger partial charge in [-0.3, -0.25) is 4.98 Å².